The first-order valence-electron chi connectivity index (χ1n) is 24.8. The largest absolute Gasteiger partial charge is 0.466 e. The Morgan fingerprint density at radius 2 is 0.691 bits per heavy atom. The predicted octanol–water partition coefficient (Wildman–Crippen LogP) is 15.6. The molecular formula is C50H99NO4. The minimum Gasteiger partial charge on any atom is -0.466 e. The van der Waals surface area contributed by atoms with Crippen molar-refractivity contribution >= 4 is 11.9 Å². The molecule has 0 heterocycles. The van der Waals surface area contributed by atoms with Crippen molar-refractivity contribution in [3.05, 3.63) is 0 Å². The first kappa shape index (κ1) is 53.9. The highest BCUT2D eigenvalue weighted by molar-refractivity contribution is 5.69. The van der Waals surface area contributed by atoms with Gasteiger partial charge in [-0.1, -0.05) is 195 Å². The zero-order chi connectivity index (χ0) is 40.6. The normalized spacial score (nSPS) is 11.9. The second kappa shape index (κ2) is 41.1. The molecule has 0 spiro atoms. The summed E-state index contributed by atoms with van der Waals surface area (Å²) in [6, 6.07) is 0.626. The van der Waals surface area contributed by atoms with Gasteiger partial charge >= 0.3 is 11.9 Å². The van der Waals surface area contributed by atoms with E-state index in [0.29, 0.717) is 32.1 Å². The highest BCUT2D eigenvalue weighted by Gasteiger charge is 2.13. The third kappa shape index (κ3) is 37.0. The zero-order valence-corrected chi connectivity index (χ0v) is 38.6. The maximum Gasteiger partial charge on any atom is 0.305 e. The van der Waals surface area contributed by atoms with Crippen LogP contribution in [0.3, 0.4) is 0 Å². The van der Waals surface area contributed by atoms with Gasteiger partial charge in [0.15, 0.2) is 0 Å². The van der Waals surface area contributed by atoms with Crippen LogP contribution >= 0.6 is 0 Å². The molecule has 0 aromatic carbocycles. The van der Waals surface area contributed by atoms with Gasteiger partial charge in [-0.05, 0) is 83.7 Å². The number of rotatable bonds is 43. The van der Waals surface area contributed by atoms with Crippen LogP contribution in [0.2, 0.25) is 0 Å². The number of esters is 2. The molecule has 5 nitrogen and oxygen atoms in total. The fourth-order valence-corrected chi connectivity index (χ4v) is 8.15. The Morgan fingerprint density at radius 1 is 0.400 bits per heavy atom. The van der Waals surface area contributed by atoms with Crippen LogP contribution in [0, 0.1) is 17.8 Å². The van der Waals surface area contributed by atoms with Crippen LogP contribution in [-0.4, -0.2) is 49.7 Å². The van der Waals surface area contributed by atoms with Crippen molar-refractivity contribution in [2.24, 2.45) is 17.8 Å². The summed E-state index contributed by atoms with van der Waals surface area (Å²) in [6.45, 7) is 16.1. The molecule has 0 aliphatic rings. The molecular weight excluding hydrogens is 679 g/mol. The molecule has 0 saturated heterocycles. The molecule has 5 heteroatoms. The van der Waals surface area contributed by atoms with Crippen LogP contribution < -0.4 is 0 Å². The Morgan fingerprint density at radius 3 is 1.04 bits per heavy atom. The fourth-order valence-electron chi connectivity index (χ4n) is 8.15. The van der Waals surface area contributed by atoms with Gasteiger partial charge in [0.1, 0.15) is 0 Å². The predicted molar refractivity (Wildman–Crippen MR) is 240 cm³/mol. The van der Waals surface area contributed by atoms with Crippen LogP contribution in [0.5, 0.6) is 0 Å². The smallest absolute Gasteiger partial charge is 0.305 e. The molecule has 0 unspecified atom stereocenters. The number of hydrogen-bond acceptors (Lipinski definition) is 5. The summed E-state index contributed by atoms with van der Waals surface area (Å²) in [5, 5.41) is 0. The van der Waals surface area contributed by atoms with Gasteiger partial charge in [0.2, 0.25) is 0 Å². The van der Waals surface area contributed by atoms with Crippen molar-refractivity contribution in [3.63, 3.8) is 0 Å². The number of carbonyl (C=O) groups is 2. The van der Waals surface area contributed by atoms with E-state index in [1.807, 2.05) is 0 Å². The average molecular weight is 778 g/mol. The molecule has 0 aliphatic heterocycles. The Hall–Kier alpha value is -1.10. The molecule has 0 rings (SSSR count). The highest BCUT2D eigenvalue weighted by Crippen LogP contribution is 2.25. The molecule has 328 valence electrons. The van der Waals surface area contributed by atoms with Crippen LogP contribution in [0.1, 0.15) is 260 Å². The van der Waals surface area contributed by atoms with Gasteiger partial charge in [0.25, 0.3) is 0 Å². The van der Waals surface area contributed by atoms with E-state index in [2.05, 4.69) is 53.5 Å². The Balaban J connectivity index is 4.09. The zero-order valence-electron chi connectivity index (χ0n) is 38.6. The van der Waals surface area contributed by atoms with Gasteiger partial charge in [-0.3, -0.25) is 9.59 Å². The Kier molecular flexibility index (Phi) is 40.3. The molecule has 0 amide bonds. The molecule has 55 heavy (non-hydrogen) atoms. The molecule has 0 saturated carbocycles. The van der Waals surface area contributed by atoms with Gasteiger partial charge in [-0.15, -0.1) is 0 Å². The summed E-state index contributed by atoms with van der Waals surface area (Å²) in [6.07, 6.45) is 41.6. The number of hydrogen-bond donors (Lipinski definition) is 0. The molecule has 0 fully saturated rings. The summed E-state index contributed by atoms with van der Waals surface area (Å²) in [5.41, 5.74) is 0. The summed E-state index contributed by atoms with van der Waals surface area (Å²) in [7, 11) is 2.27. The number of nitrogens with zero attached hydrogens (tertiary/aromatic N) is 1. The number of carbonyl (C=O) groups excluding carboxylic acids is 2. The first-order valence-corrected chi connectivity index (χ1v) is 24.8. The topological polar surface area (TPSA) is 55.8 Å². The van der Waals surface area contributed by atoms with Crippen molar-refractivity contribution in [2.45, 2.75) is 266 Å². The summed E-state index contributed by atoms with van der Waals surface area (Å²) in [4.78, 5) is 27.0. The number of unbranched alkanes of at least 4 members (excludes halogenated alkanes) is 16. The minimum atomic E-state index is 0.0172. The third-order valence-corrected chi connectivity index (χ3v) is 12.4. The van der Waals surface area contributed by atoms with E-state index in [0.717, 1.165) is 56.3 Å². The van der Waals surface area contributed by atoms with Crippen LogP contribution in [0.15, 0.2) is 0 Å². The van der Waals surface area contributed by atoms with Gasteiger partial charge in [-0.25, -0.2) is 0 Å². The van der Waals surface area contributed by atoms with Crippen molar-refractivity contribution in [2.75, 3.05) is 26.8 Å². The molecule has 0 aliphatic carbocycles. The third-order valence-electron chi connectivity index (χ3n) is 12.4. The van der Waals surface area contributed by atoms with Crippen LogP contribution in [0.25, 0.3) is 0 Å². The Bertz CT molecular complexity index is 744. The lowest BCUT2D eigenvalue weighted by atomic mass is 9.90. The molecule has 0 aromatic rings. The molecule has 0 N–H and O–H groups in total. The second-order valence-corrected chi connectivity index (χ2v) is 17.9. The maximum absolute atomic E-state index is 12.3. The van der Waals surface area contributed by atoms with Gasteiger partial charge < -0.3 is 14.4 Å². The fraction of sp³-hybridized carbons (Fsp3) is 0.960. The second-order valence-electron chi connectivity index (χ2n) is 17.9. The van der Waals surface area contributed by atoms with E-state index in [1.165, 1.54) is 173 Å². The van der Waals surface area contributed by atoms with Gasteiger partial charge in [0, 0.05) is 18.9 Å². The molecule has 0 atom stereocenters. The van der Waals surface area contributed by atoms with E-state index in [9.17, 15) is 9.59 Å². The van der Waals surface area contributed by atoms with Crippen molar-refractivity contribution in [1.29, 1.82) is 0 Å². The molecule has 0 aromatic heterocycles. The highest BCUT2D eigenvalue weighted by atomic mass is 16.5. The average Bonchev–Trinajstić information content (AvgIpc) is 3.17. The van der Waals surface area contributed by atoms with E-state index in [1.54, 1.807) is 0 Å². The summed E-state index contributed by atoms with van der Waals surface area (Å²) in [5.74, 6) is 2.36. The molecule has 0 bridgehead atoms. The maximum atomic E-state index is 12.3. The first-order chi connectivity index (χ1) is 26.8. The monoisotopic (exact) mass is 778 g/mol. The minimum absolute atomic E-state index is 0.0172. The van der Waals surface area contributed by atoms with E-state index in [4.69, 9.17) is 9.47 Å². The van der Waals surface area contributed by atoms with E-state index < -0.39 is 0 Å². The van der Waals surface area contributed by atoms with Crippen molar-refractivity contribution in [3.8, 4) is 0 Å². The standard InChI is InChI=1S/C50H99NO4/c1-8-12-31-47(32-13-9-2)40-43-54-49(52)38-28-24-20-16-18-22-26-35-46(37-30-42-51(7)45(5)6)36-27-23-19-17-21-25-29-39-50(53)55-44-41-48(33-14-10-3)34-15-11-4/h45-48H,8-44H2,1-7H3. The van der Waals surface area contributed by atoms with Crippen molar-refractivity contribution in [1.82, 2.24) is 4.90 Å². The summed E-state index contributed by atoms with van der Waals surface area (Å²) < 4.78 is 11.2. The lowest BCUT2D eigenvalue weighted by molar-refractivity contribution is -0.145. The van der Waals surface area contributed by atoms with Crippen LogP contribution in [0.4, 0.5) is 0 Å². The van der Waals surface area contributed by atoms with E-state index >= 15 is 0 Å². The molecule has 0 radical (unpaired) electrons. The SMILES string of the molecule is CCCCC(CCCC)CCOC(=O)CCCCCCCCCC(CCCCCCCCCC(=O)OCCC(CCCC)CCCC)CCCN(C)C(C)C. The lowest BCUT2D eigenvalue weighted by Gasteiger charge is -2.23. The van der Waals surface area contributed by atoms with Gasteiger partial charge in [0.05, 0.1) is 13.2 Å². The van der Waals surface area contributed by atoms with E-state index in [-0.39, 0.29) is 11.9 Å². The number of ether oxygens (including phenoxy) is 2. The van der Waals surface area contributed by atoms with Gasteiger partial charge in [-0.2, -0.15) is 0 Å². The van der Waals surface area contributed by atoms with Crippen LogP contribution in [-0.2, 0) is 19.1 Å². The summed E-state index contributed by atoms with van der Waals surface area (Å²) >= 11 is 0. The quantitative estimate of drug-likeness (QED) is 0.0456. The lowest BCUT2D eigenvalue weighted by Crippen LogP contribution is -2.27. The van der Waals surface area contributed by atoms with Crippen molar-refractivity contribution < 1.29 is 19.1 Å². The Labute approximate surface area is 345 Å².